The molecular weight excluding hydrogens is 484 g/mol. The van der Waals surface area contributed by atoms with Crippen molar-refractivity contribution < 1.29 is 27.5 Å². The molecule has 0 aliphatic heterocycles. The molecular formula is C25H28N4O6S. The predicted octanol–water partition coefficient (Wildman–Crippen LogP) is 4.61. The first-order valence-corrected chi connectivity index (χ1v) is 13.4. The van der Waals surface area contributed by atoms with Crippen LogP contribution >= 0.6 is 0 Å². The quantitative estimate of drug-likeness (QED) is 0.373. The first-order valence-electron chi connectivity index (χ1n) is 11.8. The third-order valence-corrected chi connectivity index (χ3v) is 8.16. The Morgan fingerprint density at radius 1 is 0.972 bits per heavy atom. The van der Waals surface area contributed by atoms with E-state index in [2.05, 4.69) is 20.8 Å². The van der Waals surface area contributed by atoms with Crippen LogP contribution in [0.4, 0.5) is 17.4 Å². The highest BCUT2D eigenvalue weighted by Gasteiger charge is 2.24. The number of hydrogen-bond donors (Lipinski definition) is 3. The Bertz CT molecular complexity index is 1310. The number of anilines is 3. The van der Waals surface area contributed by atoms with E-state index in [4.69, 9.17) is 9.52 Å². The summed E-state index contributed by atoms with van der Waals surface area (Å²) < 4.78 is 29.2. The molecule has 1 saturated carbocycles. The Labute approximate surface area is 209 Å². The second-order valence-corrected chi connectivity index (χ2v) is 11.1. The van der Waals surface area contributed by atoms with Crippen LogP contribution in [0.5, 0.6) is 0 Å². The number of rotatable bonds is 9. The predicted molar refractivity (Wildman–Crippen MR) is 133 cm³/mol. The van der Waals surface area contributed by atoms with Crippen LogP contribution in [-0.4, -0.2) is 41.4 Å². The Morgan fingerprint density at radius 3 is 2.22 bits per heavy atom. The number of amides is 1. The van der Waals surface area contributed by atoms with E-state index in [1.165, 1.54) is 17.7 Å². The molecule has 0 spiro atoms. The number of nitrogens with one attached hydrogen (secondary N) is 2. The molecule has 0 radical (unpaired) electrons. The van der Waals surface area contributed by atoms with Crippen LogP contribution < -0.4 is 10.6 Å². The first kappa shape index (κ1) is 25.4. The molecule has 3 aromatic rings. The van der Waals surface area contributed by atoms with E-state index in [-0.39, 0.29) is 34.9 Å². The highest BCUT2D eigenvalue weighted by atomic mass is 32.2. The normalized spacial score (nSPS) is 17.9. The Hall–Kier alpha value is -3.73. The fraction of sp³-hybridized carbons (Fsp3) is 0.360. The van der Waals surface area contributed by atoms with Crippen LogP contribution in [0, 0.1) is 5.92 Å². The monoisotopic (exact) mass is 512 g/mol. The smallest absolute Gasteiger partial charge is 0.320 e. The Morgan fingerprint density at radius 2 is 1.61 bits per heavy atom. The number of nitrogens with zero attached hydrogens (tertiary/aromatic N) is 2. The average molecular weight is 513 g/mol. The van der Waals surface area contributed by atoms with Crippen molar-refractivity contribution in [1.29, 1.82) is 0 Å². The molecule has 11 heteroatoms. The first-order chi connectivity index (χ1) is 17.2. The molecule has 0 atom stereocenters. The number of carboxylic acids is 1. The maximum atomic E-state index is 12.5. The lowest BCUT2D eigenvalue weighted by Crippen LogP contribution is -2.16. The van der Waals surface area contributed by atoms with Gasteiger partial charge in [0.1, 0.15) is 0 Å². The van der Waals surface area contributed by atoms with Crippen molar-refractivity contribution in [2.75, 3.05) is 16.4 Å². The van der Waals surface area contributed by atoms with E-state index in [1.54, 1.807) is 19.1 Å². The van der Waals surface area contributed by atoms with Crippen LogP contribution in [0.15, 0.2) is 57.8 Å². The number of carbonyl (C=O) groups excluding carboxylic acids is 1. The van der Waals surface area contributed by atoms with Crippen molar-refractivity contribution in [2.24, 2.45) is 5.92 Å². The van der Waals surface area contributed by atoms with Crippen LogP contribution in [-0.2, 0) is 14.6 Å². The number of aliphatic carboxylic acids is 1. The van der Waals surface area contributed by atoms with E-state index in [0.29, 0.717) is 17.3 Å². The molecule has 4 rings (SSSR count). The van der Waals surface area contributed by atoms with Gasteiger partial charge in [-0.25, -0.2) is 8.42 Å². The minimum atomic E-state index is -3.29. The van der Waals surface area contributed by atoms with Gasteiger partial charge in [-0.1, -0.05) is 24.2 Å². The van der Waals surface area contributed by atoms with Gasteiger partial charge in [-0.05, 0) is 79.5 Å². The van der Waals surface area contributed by atoms with Gasteiger partial charge in [0.2, 0.25) is 0 Å². The number of sulfone groups is 1. The summed E-state index contributed by atoms with van der Waals surface area (Å²) in [5.74, 6) is -0.852. The van der Waals surface area contributed by atoms with Gasteiger partial charge in [-0.2, -0.15) is 0 Å². The highest BCUT2D eigenvalue weighted by molar-refractivity contribution is 7.91. The third-order valence-electron chi connectivity index (χ3n) is 6.41. The molecule has 1 aliphatic carbocycles. The van der Waals surface area contributed by atoms with Gasteiger partial charge in [0.25, 0.3) is 0 Å². The second kappa shape index (κ2) is 10.9. The van der Waals surface area contributed by atoms with Gasteiger partial charge in [0.05, 0.1) is 10.6 Å². The zero-order valence-corrected chi connectivity index (χ0v) is 20.6. The molecule has 1 aliphatic rings. The summed E-state index contributed by atoms with van der Waals surface area (Å²) in [6, 6.07) is 13.7. The second-order valence-electron chi connectivity index (χ2n) is 8.86. The largest absolute Gasteiger partial charge is 0.481 e. The average Bonchev–Trinajstić information content (AvgIpc) is 3.34. The Kier molecular flexibility index (Phi) is 7.68. The fourth-order valence-electron chi connectivity index (χ4n) is 4.37. The molecule has 0 saturated heterocycles. The van der Waals surface area contributed by atoms with E-state index < -0.39 is 21.7 Å². The zero-order valence-electron chi connectivity index (χ0n) is 19.8. The van der Waals surface area contributed by atoms with Crippen LogP contribution in [0.3, 0.4) is 0 Å². The molecule has 1 fully saturated rings. The topological polar surface area (TPSA) is 151 Å². The van der Waals surface area contributed by atoms with Gasteiger partial charge in [-0.3, -0.25) is 9.59 Å². The van der Waals surface area contributed by atoms with Crippen LogP contribution in [0.1, 0.15) is 61.2 Å². The lowest BCUT2D eigenvalue weighted by Gasteiger charge is -2.28. The SMILES string of the molecule is CCS(=O)(=O)c1ccc(Nc2nnc(C(=O)Nc3ccc(C4CCC(CC(=O)O)CC4)cc3)o2)cc1. The summed E-state index contributed by atoms with van der Waals surface area (Å²) in [7, 11) is -3.29. The number of hydrogen-bond acceptors (Lipinski definition) is 8. The molecule has 3 N–H and O–H groups in total. The molecule has 10 nitrogen and oxygen atoms in total. The van der Waals surface area contributed by atoms with Crippen molar-refractivity contribution in [3.8, 4) is 0 Å². The molecule has 36 heavy (non-hydrogen) atoms. The maximum absolute atomic E-state index is 12.5. The number of carbonyl (C=O) groups is 2. The summed E-state index contributed by atoms with van der Waals surface area (Å²) in [5, 5.41) is 22.1. The summed E-state index contributed by atoms with van der Waals surface area (Å²) in [6.07, 6.45) is 3.97. The van der Waals surface area contributed by atoms with Crippen molar-refractivity contribution in [1.82, 2.24) is 10.2 Å². The van der Waals surface area contributed by atoms with Crippen molar-refractivity contribution in [2.45, 2.75) is 49.8 Å². The standard InChI is InChI=1S/C25H28N4O6S/c1-2-36(33,34)21-13-11-20(12-14-21)27-25-29-28-24(35-25)23(32)26-19-9-7-18(8-10-19)17-5-3-16(4-6-17)15-22(30)31/h7-14,16-17H,2-6,15H2,1H3,(H,26,32)(H,27,29)(H,30,31). The highest BCUT2D eigenvalue weighted by Crippen LogP contribution is 2.37. The number of benzene rings is 2. The van der Waals surface area contributed by atoms with Gasteiger partial charge < -0.3 is 20.2 Å². The summed E-state index contributed by atoms with van der Waals surface area (Å²) in [4.78, 5) is 23.7. The number of aromatic nitrogens is 2. The van der Waals surface area contributed by atoms with Crippen molar-refractivity contribution in [3.63, 3.8) is 0 Å². The summed E-state index contributed by atoms with van der Waals surface area (Å²) in [5.41, 5.74) is 2.29. The Balaban J connectivity index is 1.31. The number of carboxylic acid groups (broad SMARTS) is 1. The molecule has 0 bridgehead atoms. The van der Waals surface area contributed by atoms with Gasteiger partial charge in [0, 0.05) is 17.8 Å². The minimum absolute atomic E-state index is 0.0000901. The van der Waals surface area contributed by atoms with Crippen molar-refractivity contribution >= 4 is 39.1 Å². The lowest BCUT2D eigenvalue weighted by molar-refractivity contribution is -0.138. The van der Waals surface area contributed by atoms with E-state index in [1.807, 2.05) is 24.3 Å². The van der Waals surface area contributed by atoms with Crippen LogP contribution in [0.2, 0.25) is 0 Å². The van der Waals surface area contributed by atoms with E-state index >= 15 is 0 Å². The molecule has 190 valence electrons. The van der Waals surface area contributed by atoms with Crippen LogP contribution in [0.25, 0.3) is 0 Å². The summed E-state index contributed by atoms with van der Waals surface area (Å²) >= 11 is 0. The van der Waals surface area contributed by atoms with E-state index in [9.17, 15) is 18.0 Å². The van der Waals surface area contributed by atoms with Gasteiger partial charge in [-0.15, -0.1) is 5.10 Å². The molecule has 1 aromatic heterocycles. The molecule has 0 unspecified atom stereocenters. The molecule has 1 amide bonds. The van der Waals surface area contributed by atoms with Crippen molar-refractivity contribution in [3.05, 3.63) is 60.0 Å². The van der Waals surface area contributed by atoms with Gasteiger partial charge >= 0.3 is 23.8 Å². The maximum Gasteiger partial charge on any atom is 0.320 e. The fourth-order valence-corrected chi connectivity index (χ4v) is 5.26. The zero-order chi connectivity index (χ0) is 25.7. The molecule has 2 aromatic carbocycles. The molecule has 1 heterocycles. The minimum Gasteiger partial charge on any atom is -0.481 e. The van der Waals surface area contributed by atoms with E-state index in [0.717, 1.165) is 25.7 Å². The lowest BCUT2D eigenvalue weighted by atomic mass is 9.77. The third kappa shape index (κ3) is 6.28. The summed E-state index contributed by atoms with van der Waals surface area (Å²) in [6.45, 7) is 1.58. The van der Waals surface area contributed by atoms with Gasteiger partial charge in [0.15, 0.2) is 9.84 Å².